The van der Waals surface area contributed by atoms with Gasteiger partial charge < -0.3 is 10.1 Å². The number of hydrogen-bond acceptors (Lipinski definition) is 3. The van der Waals surface area contributed by atoms with Gasteiger partial charge in [-0.1, -0.05) is 0 Å². The summed E-state index contributed by atoms with van der Waals surface area (Å²) in [4.78, 5) is 0. The van der Waals surface area contributed by atoms with Gasteiger partial charge in [-0.05, 0) is 57.4 Å². The number of hydrogen-bond donors (Lipinski definition) is 1. The van der Waals surface area contributed by atoms with Gasteiger partial charge in [0.25, 0.3) is 0 Å². The third-order valence-corrected chi connectivity index (χ3v) is 4.92. The molecule has 1 N–H and O–H groups in total. The largest absolute Gasteiger partial charge is 0.374 e. The zero-order valence-corrected chi connectivity index (χ0v) is 10.6. The Balaban J connectivity index is 1.76. The van der Waals surface area contributed by atoms with Gasteiger partial charge in [-0.3, -0.25) is 0 Å². The molecule has 15 heavy (non-hydrogen) atoms. The van der Waals surface area contributed by atoms with Crippen LogP contribution in [0.5, 0.6) is 0 Å². The van der Waals surface area contributed by atoms with Gasteiger partial charge in [0.2, 0.25) is 0 Å². The van der Waals surface area contributed by atoms with Crippen molar-refractivity contribution in [3.05, 3.63) is 0 Å². The van der Waals surface area contributed by atoms with Gasteiger partial charge in [0.05, 0.1) is 5.60 Å². The Morgan fingerprint density at radius 3 is 3.20 bits per heavy atom. The average molecular weight is 229 g/mol. The van der Waals surface area contributed by atoms with E-state index in [9.17, 15) is 0 Å². The summed E-state index contributed by atoms with van der Waals surface area (Å²) >= 11 is 2.07. The molecule has 2 rings (SSSR count). The van der Waals surface area contributed by atoms with E-state index < -0.39 is 0 Å². The fourth-order valence-electron chi connectivity index (χ4n) is 2.81. The van der Waals surface area contributed by atoms with E-state index in [1.807, 2.05) is 7.05 Å². The van der Waals surface area contributed by atoms with Crippen LogP contribution in [0.25, 0.3) is 0 Å². The van der Waals surface area contributed by atoms with Crippen molar-refractivity contribution in [2.75, 3.05) is 31.7 Å². The first-order valence-corrected chi connectivity index (χ1v) is 7.36. The molecule has 88 valence electrons. The summed E-state index contributed by atoms with van der Waals surface area (Å²) in [5.74, 6) is 3.48. The van der Waals surface area contributed by atoms with E-state index in [1.165, 1.54) is 50.2 Å². The van der Waals surface area contributed by atoms with E-state index in [2.05, 4.69) is 17.1 Å². The van der Waals surface area contributed by atoms with Gasteiger partial charge in [-0.15, -0.1) is 0 Å². The second kappa shape index (κ2) is 5.55. The third kappa shape index (κ3) is 3.11. The Morgan fingerprint density at radius 1 is 1.53 bits per heavy atom. The number of nitrogens with one attached hydrogen (secondary N) is 1. The van der Waals surface area contributed by atoms with Crippen molar-refractivity contribution >= 4 is 11.8 Å². The van der Waals surface area contributed by atoms with Crippen molar-refractivity contribution in [2.45, 2.75) is 37.7 Å². The van der Waals surface area contributed by atoms with Crippen LogP contribution in [0.15, 0.2) is 0 Å². The van der Waals surface area contributed by atoms with E-state index >= 15 is 0 Å². The maximum Gasteiger partial charge on any atom is 0.0783 e. The van der Waals surface area contributed by atoms with E-state index in [4.69, 9.17) is 4.74 Å². The van der Waals surface area contributed by atoms with Gasteiger partial charge in [0.1, 0.15) is 0 Å². The highest BCUT2D eigenvalue weighted by atomic mass is 32.2. The summed E-state index contributed by atoms with van der Waals surface area (Å²) < 4.78 is 6.03. The smallest absolute Gasteiger partial charge is 0.0783 e. The zero-order chi connectivity index (χ0) is 10.6. The number of thioether (sulfide) groups is 1. The van der Waals surface area contributed by atoms with Gasteiger partial charge in [0, 0.05) is 12.4 Å². The van der Waals surface area contributed by atoms with Gasteiger partial charge >= 0.3 is 0 Å². The summed E-state index contributed by atoms with van der Waals surface area (Å²) in [5, 5.41) is 3.23. The lowest BCUT2D eigenvalue weighted by atomic mass is 9.83. The number of ether oxygens (including phenoxy) is 1. The molecule has 0 saturated carbocycles. The molecule has 2 fully saturated rings. The first-order valence-electron chi connectivity index (χ1n) is 6.21. The Hall–Kier alpha value is 0.270. The lowest BCUT2D eigenvalue weighted by Gasteiger charge is -2.37. The molecule has 2 unspecified atom stereocenters. The lowest BCUT2D eigenvalue weighted by molar-refractivity contribution is -0.0806. The molecule has 0 bridgehead atoms. The van der Waals surface area contributed by atoms with Crippen LogP contribution < -0.4 is 5.32 Å². The molecule has 0 aliphatic carbocycles. The second-order valence-corrected chi connectivity index (χ2v) is 6.04. The van der Waals surface area contributed by atoms with Crippen molar-refractivity contribution in [3.8, 4) is 0 Å². The molecule has 2 saturated heterocycles. The monoisotopic (exact) mass is 229 g/mol. The van der Waals surface area contributed by atoms with Crippen LogP contribution in [0, 0.1) is 5.92 Å². The van der Waals surface area contributed by atoms with Crippen LogP contribution in [0.3, 0.4) is 0 Å². The molecule has 2 heterocycles. The van der Waals surface area contributed by atoms with Crippen LogP contribution in [-0.4, -0.2) is 37.3 Å². The normalized spacial score (nSPS) is 36.2. The van der Waals surface area contributed by atoms with Crippen molar-refractivity contribution in [1.82, 2.24) is 5.32 Å². The highest BCUT2D eigenvalue weighted by Crippen LogP contribution is 2.41. The molecule has 0 aromatic rings. The van der Waals surface area contributed by atoms with Crippen LogP contribution in [-0.2, 0) is 4.74 Å². The minimum absolute atomic E-state index is 0.285. The van der Waals surface area contributed by atoms with Crippen molar-refractivity contribution < 1.29 is 4.74 Å². The minimum Gasteiger partial charge on any atom is -0.374 e. The minimum atomic E-state index is 0.285. The second-order valence-electron chi connectivity index (χ2n) is 4.94. The van der Waals surface area contributed by atoms with Crippen LogP contribution >= 0.6 is 11.8 Å². The Labute approximate surface area is 97.5 Å². The average Bonchev–Trinajstić information content (AvgIpc) is 2.67. The highest BCUT2D eigenvalue weighted by Gasteiger charge is 2.39. The summed E-state index contributed by atoms with van der Waals surface area (Å²) in [6.07, 6.45) is 6.61. The summed E-state index contributed by atoms with van der Waals surface area (Å²) in [5.41, 5.74) is 0.285. The molecule has 2 aliphatic heterocycles. The van der Waals surface area contributed by atoms with Gasteiger partial charge in [-0.2, -0.15) is 11.8 Å². The zero-order valence-electron chi connectivity index (χ0n) is 9.76. The maximum atomic E-state index is 6.03. The molecule has 1 spiro atoms. The standard InChI is InChI=1S/C12H23NOS/c1-13-6-2-3-11-4-7-14-12(9-11)5-8-15-10-12/h11,13H,2-10H2,1H3. The molecule has 0 aromatic heterocycles. The predicted octanol–water partition coefficient (Wildman–Crippen LogP) is 2.29. The fraction of sp³-hybridized carbons (Fsp3) is 1.00. The first kappa shape index (κ1) is 11.7. The van der Waals surface area contributed by atoms with E-state index in [-0.39, 0.29) is 5.60 Å². The highest BCUT2D eigenvalue weighted by molar-refractivity contribution is 7.99. The lowest BCUT2D eigenvalue weighted by Crippen LogP contribution is -2.39. The Bertz CT molecular complexity index is 192. The summed E-state index contributed by atoms with van der Waals surface area (Å²) in [6.45, 7) is 2.17. The van der Waals surface area contributed by atoms with Crippen LogP contribution in [0.1, 0.15) is 32.1 Å². The van der Waals surface area contributed by atoms with Crippen molar-refractivity contribution in [2.24, 2.45) is 5.92 Å². The number of rotatable bonds is 4. The molecule has 3 heteroatoms. The van der Waals surface area contributed by atoms with Crippen LogP contribution in [0.4, 0.5) is 0 Å². The fourth-order valence-corrected chi connectivity index (χ4v) is 4.18. The van der Waals surface area contributed by atoms with E-state index in [0.29, 0.717) is 0 Å². The maximum absolute atomic E-state index is 6.03. The first-order chi connectivity index (χ1) is 7.35. The summed E-state index contributed by atoms with van der Waals surface area (Å²) in [7, 11) is 2.04. The van der Waals surface area contributed by atoms with Crippen LogP contribution in [0.2, 0.25) is 0 Å². The molecular weight excluding hydrogens is 206 g/mol. The molecule has 0 amide bonds. The topological polar surface area (TPSA) is 21.3 Å². The molecular formula is C12H23NOS. The van der Waals surface area contributed by atoms with Crippen molar-refractivity contribution in [1.29, 1.82) is 0 Å². The Morgan fingerprint density at radius 2 is 2.47 bits per heavy atom. The summed E-state index contributed by atoms with van der Waals surface area (Å²) in [6, 6.07) is 0. The molecule has 0 radical (unpaired) electrons. The van der Waals surface area contributed by atoms with E-state index in [1.54, 1.807) is 0 Å². The molecule has 0 aromatic carbocycles. The van der Waals surface area contributed by atoms with Gasteiger partial charge in [0.15, 0.2) is 0 Å². The van der Waals surface area contributed by atoms with E-state index in [0.717, 1.165) is 12.5 Å². The molecule has 2 atom stereocenters. The predicted molar refractivity (Wildman–Crippen MR) is 66.5 cm³/mol. The third-order valence-electron chi connectivity index (χ3n) is 3.70. The van der Waals surface area contributed by atoms with Gasteiger partial charge in [-0.25, -0.2) is 0 Å². The van der Waals surface area contributed by atoms with Crippen molar-refractivity contribution in [3.63, 3.8) is 0 Å². The SMILES string of the molecule is CNCCCC1CCOC2(CCSC2)C1. The molecule has 2 aliphatic rings. The quantitative estimate of drug-likeness (QED) is 0.747. The Kier molecular flexibility index (Phi) is 4.35. The molecule has 2 nitrogen and oxygen atoms in total.